The number of carbonyl (C=O) groups is 1. The number of hydrogen-bond acceptors (Lipinski definition) is 3. The van der Waals surface area contributed by atoms with E-state index in [0.717, 1.165) is 12.8 Å². The molecule has 0 saturated heterocycles. The first-order valence-electron chi connectivity index (χ1n) is 15.5. The molecule has 0 aromatic heterocycles. The van der Waals surface area contributed by atoms with Crippen LogP contribution in [0.15, 0.2) is 0 Å². The predicted octanol–water partition coefficient (Wildman–Crippen LogP) is 7.65. The lowest BCUT2D eigenvalue weighted by Gasteiger charge is -2.39. The Bertz CT molecular complexity index is 378. The highest BCUT2D eigenvalue weighted by atomic mass is 16.4. The van der Waals surface area contributed by atoms with Crippen molar-refractivity contribution in [2.24, 2.45) is 11.5 Å². The molecule has 0 heterocycles. The number of carboxylic acids is 1. The fourth-order valence-corrected chi connectivity index (χ4v) is 4.80. The molecule has 0 unspecified atom stereocenters. The van der Waals surface area contributed by atoms with Gasteiger partial charge in [0.25, 0.3) is 0 Å². The summed E-state index contributed by atoms with van der Waals surface area (Å²) in [6.45, 7) is 15.8. The van der Waals surface area contributed by atoms with Crippen molar-refractivity contribution < 1.29 is 14.4 Å². The van der Waals surface area contributed by atoms with Gasteiger partial charge in [-0.25, -0.2) is 0 Å². The summed E-state index contributed by atoms with van der Waals surface area (Å²) in [6.07, 6.45) is 25.0. The molecule has 1 atom stereocenters. The highest BCUT2D eigenvalue weighted by molar-refractivity contribution is 5.72. The van der Waals surface area contributed by atoms with Gasteiger partial charge in [-0.1, -0.05) is 85.5 Å². The van der Waals surface area contributed by atoms with Crippen molar-refractivity contribution in [2.75, 3.05) is 32.7 Å². The number of nitrogens with zero attached hydrogens (tertiary/aromatic N) is 1. The average Bonchev–Trinajstić information content (AvgIpc) is 2.85. The molecule has 0 rings (SSSR count). The van der Waals surface area contributed by atoms with Crippen molar-refractivity contribution in [1.82, 2.24) is 0 Å². The zero-order chi connectivity index (χ0) is 26.6. The normalized spacial score (nSPS) is 12.3. The first kappa shape index (κ1) is 36.5. The van der Waals surface area contributed by atoms with Crippen LogP contribution in [0.2, 0.25) is 0 Å². The zero-order valence-corrected chi connectivity index (χ0v) is 24.5. The molecular formula is C30H66N3O2+. The summed E-state index contributed by atoms with van der Waals surface area (Å²) in [5, 5.41) is 8.33. The number of hydrogen-bond donors (Lipinski definition) is 3. The van der Waals surface area contributed by atoms with Crippen molar-refractivity contribution in [3.8, 4) is 0 Å². The number of unbranched alkanes of at least 4 members (excludes halogenated alkanes) is 13. The van der Waals surface area contributed by atoms with Crippen molar-refractivity contribution in [2.45, 2.75) is 156 Å². The smallest absolute Gasteiger partial charge is 0.320 e. The minimum absolute atomic E-state index is 0.520. The Labute approximate surface area is 220 Å². The van der Waals surface area contributed by atoms with Crippen LogP contribution in [0.1, 0.15) is 150 Å². The number of rotatable bonds is 25. The number of carboxylic acid groups (broad SMARTS) is 1. The fourth-order valence-electron chi connectivity index (χ4n) is 4.80. The largest absolute Gasteiger partial charge is 0.480 e. The number of aliphatic carboxylic acids is 1. The van der Waals surface area contributed by atoms with Gasteiger partial charge in [0.15, 0.2) is 0 Å². The van der Waals surface area contributed by atoms with Crippen LogP contribution in [-0.4, -0.2) is 54.3 Å². The van der Waals surface area contributed by atoms with Crippen LogP contribution in [0.5, 0.6) is 0 Å². The molecule has 0 aromatic carbocycles. The van der Waals surface area contributed by atoms with Gasteiger partial charge in [0.2, 0.25) is 0 Å². The maximum atomic E-state index is 10.1. The summed E-state index contributed by atoms with van der Waals surface area (Å²) in [7, 11) is 0. The Morgan fingerprint density at radius 3 is 1.20 bits per heavy atom. The molecule has 35 heavy (non-hydrogen) atoms. The first-order chi connectivity index (χ1) is 16.9. The molecule has 0 aromatic rings. The third-order valence-electron chi connectivity index (χ3n) is 7.23. The summed E-state index contributed by atoms with van der Waals surface area (Å²) >= 11 is 0. The van der Waals surface area contributed by atoms with E-state index in [4.69, 9.17) is 16.6 Å². The topological polar surface area (TPSA) is 89.3 Å². The molecule has 212 valence electrons. The van der Waals surface area contributed by atoms with E-state index in [1.54, 1.807) is 0 Å². The van der Waals surface area contributed by atoms with Gasteiger partial charge in [0.1, 0.15) is 6.04 Å². The summed E-state index contributed by atoms with van der Waals surface area (Å²) in [6, 6.07) is -0.716. The predicted molar refractivity (Wildman–Crippen MR) is 155 cm³/mol. The molecule has 0 aliphatic carbocycles. The SMILES string of the molecule is CCCCCC[N+](CCCCCC)(CCCCCC)CCCCCC.NCCCC[C@H](N)C(=O)O. The maximum Gasteiger partial charge on any atom is 0.320 e. The van der Waals surface area contributed by atoms with Crippen LogP contribution in [0, 0.1) is 0 Å². The Balaban J connectivity index is 0. The van der Waals surface area contributed by atoms with Crippen LogP contribution >= 0.6 is 0 Å². The second-order valence-electron chi connectivity index (χ2n) is 10.7. The van der Waals surface area contributed by atoms with E-state index in [9.17, 15) is 4.79 Å². The molecule has 5 N–H and O–H groups in total. The lowest BCUT2D eigenvalue weighted by atomic mass is 10.1. The van der Waals surface area contributed by atoms with Crippen molar-refractivity contribution in [1.29, 1.82) is 0 Å². The standard InChI is InChI=1S/C24H52N.C6H14N2O2/c1-5-9-13-17-21-25(22-18-14-10-6-2,23-19-15-11-7-3)24-20-16-12-8-4;7-4-2-1-3-5(8)6(9)10/h5-24H2,1-4H3;5H,1-4,7-8H2,(H,9,10)/q+1;/t;5-/m.0/s1. The van der Waals surface area contributed by atoms with E-state index >= 15 is 0 Å². The lowest BCUT2D eigenvalue weighted by molar-refractivity contribution is -0.929. The summed E-state index contributed by atoms with van der Waals surface area (Å²) in [5.41, 5.74) is 10.4. The molecule has 0 aliphatic heterocycles. The van der Waals surface area contributed by atoms with Gasteiger partial charge in [-0.15, -0.1) is 0 Å². The number of nitrogens with two attached hydrogens (primary N) is 2. The molecule has 5 heteroatoms. The van der Waals surface area contributed by atoms with Crippen molar-refractivity contribution in [3.05, 3.63) is 0 Å². The lowest BCUT2D eigenvalue weighted by Crippen LogP contribution is -2.50. The molecule has 0 fully saturated rings. The Morgan fingerprint density at radius 1 is 0.600 bits per heavy atom. The van der Waals surface area contributed by atoms with E-state index in [-0.39, 0.29) is 0 Å². The molecule has 0 radical (unpaired) electrons. The summed E-state index contributed by atoms with van der Waals surface area (Å²) in [4.78, 5) is 10.1. The van der Waals surface area contributed by atoms with Gasteiger partial charge in [-0.05, 0) is 70.8 Å². The molecule has 5 nitrogen and oxygen atoms in total. The monoisotopic (exact) mass is 501 g/mol. The van der Waals surface area contributed by atoms with Crippen LogP contribution in [0.4, 0.5) is 0 Å². The maximum absolute atomic E-state index is 10.1. The average molecular weight is 501 g/mol. The summed E-state index contributed by atoms with van der Waals surface area (Å²) < 4.78 is 1.46. The molecule has 0 saturated carbocycles. The highest BCUT2D eigenvalue weighted by Crippen LogP contribution is 2.19. The molecule has 0 spiro atoms. The molecular weight excluding hydrogens is 434 g/mol. The van der Waals surface area contributed by atoms with Gasteiger partial charge in [-0.3, -0.25) is 4.79 Å². The third-order valence-corrected chi connectivity index (χ3v) is 7.23. The van der Waals surface area contributed by atoms with Crippen LogP contribution in [-0.2, 0) is 4.79 Å². The second kappa shape index (κ2) is 27.9. The minimum Gasteiger partial charge on any atom is -0.480 e. The summed E-state index contributed by atoms with van der Waals surface area (Å²) in [5.74, 6) is -0.933. The quantitative estimate of drug-likeness (QED) is 0.0886. The Morgan fingerprint density at radius 2 is 0.943 bits per heavy atom. The van der Waals surface area contributed by atoms with Crippen LogP contribution in [0.25, 0.3) is 0 Å². The molecule has 0 bridgehead atoms. The van der Waals surface area contributed by atoms with Gasteiger partial charge in [-0.2, -0.15) is 0 Å². The molecule has 0 aliphatic rings. The first-order valence-corrected chi connectivity index (χ1v) is 15.5. The van der Waals surface area contributed by atoms with E-state index < -0.39 is 12.0 Å². The van der Waals surface area contributed by atoms with Gasteiger partial charge >= 0.3 is 5.97 Å². The Kier molecular flexibility index (Phi) is 29.1. The number of quaternary nitrogens is 1. The highest BCUT2D eigenvalue weighted by Gasteiger charge is 2.25. The van der Waals surface area contributed by atoms with Crippen molar-refractivity contribution in [3.63, 3.8) is 0 Å². The zero-order valence-electron chi connectivity index (χ0n) is 24.5. The second-order valence-corrected chi connectivity index (χ2v) is 10.7. The van der Waals surface area contributed by atoms with Gasteiger partial charge in [0, 0.05) is 0 Å². The minimum atomic E-state index is -0.933. The molecule has 0 amide bonds. The van der Waals surface area contributed by atoms with Gasteiger partial charge < -0.3 is 21.1 Å². The van der Waals surface area contributed by atoms with E-state index in [1.165, 1.54) is 133 Å². The fraction of sp³-hybridized carbons (Fsp3) is 0.967. The van der Waals surface area contributed by atoms with Crippen LogP contribution in [0.3, 0.4) is 0 Å². The van der Waals surface area contributed by atoms with Gasteiger partial charge in [0.05, 0.1) is 26.2 Å². The van der Waals surface area contributed by atoms with E-state index in [1.807, 2.05) is 0 Å². The van der Waals surface area contributed by atoms with E-state index in [2.05, 4.69) is 27.7 Å². The van der Waals surface area contributed by atoms with E-state index in [0.29, 0.717) is 13.0 Å². The third kappa shape index (κ3) is 24.8. The Hall–Kier alpha value is -0.650. The van der Waals surface area contributed by atoms with Crippen LogP contribution < -0.4 is 11.5 Å². The van der Waals surface area contributed by atoms with Crippen molar-refractivity contribution >= 4 is 5.97 Å².